The zero-order chi connectivity index (χ0) is 13.7. The van der Waals surface area contributed by atoms with Crippen molar-refractivity contribution >= 4 is 28.8 Å². The minimum Gasteiger partial charge on any atom is -0.207 e. The quantitative estimate of drug-likeness (QED) is 0.650. The summed E-state index contributed by atoms with van der Waals surface area (Å²) in [6.45, 7) is 0. The standard InChI is InChI=1S/C16H13Cl2F/c17-11-1-2-16(12-3-7-14(18)8-4-12)13-5-9-15(19)10-6-13/h2-10H,1,11H2. The molecule has 98 valence electrons. The van der Waals surface area contributed by atoms with Gasteiger partial charge in [0.05, 0.1) is 0 Å². The number of halogens is 3. The predicted molar refractivity (Wildman–Crippen MR) is 80.3 cm³/mol. The summed E-state index contributed by atoms with van der Waals surface area (Å²) < 4.78 is 13.0. The lowest BCUT2D eigenvalue weighted by Crippen LogP contribution is -1.89. The molecule has 19 heavy (non-hydrogen) atoms. The van der Waals surface area contributed by atoms with Crippen LogP contribution in [0.3, 0.4) is 0 Å². The Kier molecular flexibility index (Phi) is 5.00. The zero-order valence-corrected chi connectivity index (χ0v) is 11.8. The van der Waals surface area contributed by atoms with Crippen LogP contribution in [0.5, 0.6) is 0 Å². The molecule has 0 amide bonds. The van der Waals surface area contributed by atoms with Crippen molar-refractivity contribution in [1.29, 1.82) is 0 Å². The summed E-state index contributed by atoms with van der Waals surface area (Å²) >= 11 is 11.6. The number of hydrogen-bond donors (Lipinski definition) is 0. The van der Waals surface area contributed by atoms with E-state index >= 15 is 0 Å². The maximum absolute atomic E-state index is 13.0. The van der Waals surface area contributed by atoms with E-state index in [1.165, 1.54) is 12.1 Å². The number of hydrogen-bond acceptors (Lipinski definition) is 0. The van der Waals surface area contributed by atoms with Gasteiger partial charge in [-0.2, -0.15) is 0 Å². The SMILES string of the molecule is Fc1ccc(C(=CCCCl)c2ccc(Cl)cc2)cc1. The molecule has 0 atom stereocenters. The molecule has 0 fully saturated rings. The monoisotopic (exact) mass is 294 g/mol. The van der Waals surface area contributed by atoms with Crippen LogP contribution >= 0.6 is 23.2 Å². The minimum absolute atomic E-state index is 0.239. The molecule has 0 saturated carbocycles. The summed E-state index contributed by atoms with van der Waals surface area (Å²) in [6, 6.07) is 14.0. The number of alkyl halides is 1. The van der Waals surface area contributed by atoms with Gasteiger partial charge in [0.2, 0.25) is 0 Å². The Bertz CT molecular complexity index is 509. The van der Waals surface area contributed by atoms with Crippen molar-refractivity contribution in [3.63, 3.8) is 0 Å². The van der Waals surface area contributed by atoms with Gasteiger partial charge in [-0.05, 0) is 47.4 Å². The van der Waals surface area contributed by atoms with E-state index in [4.69, 9.17) is 23.2 Å². The Morgan fingerprint density at radius 1 is 0.947 bits per heavy atom. The Balaban J connectivity index is 2.41. The first-order valence-electron chi connectivity index (χ1n) is 5.98. The number of rotatable bonds is 4. The highest BCUT2D eigenvalue weighted by Crippen LogP contribution is 2.25. The van der Waals surface area contributed by atoms with E-state index < -0.39 is 0 Å². The molecule has 2 aromatic carbocycles. The first-order chi connectivity index (χ1) is 9.20. The lowest BCUT2D eigenvalue weighted by molar-refractivity contribution is 0.627. The summed E-state index contributed by atoms with van der Waals surface area (Å²) in [4.78, 5) is 0. The summed E-state index contributed by atoms with van der Waals surface area (Å²) in [5.74, 6) is 0.315. The zero-order valence-electron chi connectivity index (χ0n) is 10.2. The van der Waals surface area contributed by atoms with Crippen molar-refractivity contribution in [3.05, 3.63) is 76.6 Å². The molecular weight excluding hydrogens is 282 g/mol. The molecule has 0 unspecified atom stereocenters. The highest BCUT2D eigenvalue weighted by Gasteiger charge is 2.05. The molecule has 0 saturated heterocycles. The molecule has 0 nitrogen and oxygen atoms in total. The van der Waals surface area contributed by atoms with Crippen LogP contribution in [0.1, 0.15) is 17.5 Å². The van der Waals surface area contributed by atoms with Crippen LogP contribution in [0.2, 0.25) is 5.02 Å². The van der Waals surface area contributed by atoms with Gasteiger partial charge >= 0.3 is 0 Å². The fraction of sp³-hybridized carbons (Fsp3) is 0.125. The highest BCUT2D eigenvalue weighted by molar-refractivity contribution is 6.30. The Hall–Kier alpha value is -1.31. The first-order valence-corrected chi connectivity index (χ1v) is 6.90. The van der Waals surface area contributed by atoms with Crippen molar-refractivity contribution in [1.82, 2.24) is 0 Å². The lowest BCUT2D eigenvalue weighted by atomic mass is 9.97. The van der Waals surface area contributed by atoms with Crippen LogP contribution in [0.4, 0.5) is 4.39 Å². The normalized spacial score (nSPS) is 11.6. The Morgan fingerprint density at radius 3 is 2.00 bits per heavy atom. The summed E-state index contributed by atoms with van der Waals surface area (Å²) in [5.41, 5.74) is 3.05. The van der Waals surface area contributed by atoms with Gasteiger partial charge in [-0.15, -0.1) is 11.6 Å². The molecule has 0 aromatic heterocycles. The molecule has 0 aliphatic heterocycles. The van der Waals surface area contributed by atoms with E-state index in [1.807, 2.05) is 24.3 Å². The average molecular weight is 295 g/mol. The molecule has 0 heterocycles. The number of allylic oxidation sites excluding steroid dienone is 1. The third-order valence-corrected chi connectivity index (χ3v) is 3.24. The van der Waals surface area contributed by atoms with Crippen molar-refractivity contribution in [2.45, 2.75) is 6.42 Å². The molecule has 0 aliphatic carbocycles. The topological polar surface area (TPSA) is 0 Å². The van der Waals surface area contributed by atoms with Crippen LogP contribution in [0, 0.1) is 5.82 Å². The smallest absolute Gasteiger partial charge is 0.123 e. The van der Waals surface area contributed by atoms with Gasteiger partial charge in [-0.3, -0.25) is 0 Å². The van der Waals surface area contributed by atoms with Gasteiger partial charge < -0.3 is 0 Å². The van der Waals surface area contributed by atoms with Crippen LogP contribution in [-0.4, -0.2) is 5.88 Å². The van der Waals surface area contributed by atoms with Crippen molar-refractivity contribution < 1.29 is 4.39 Å². The summed E-state index contributed by atoms with van der Waals surface area (Å²) in [5, 5.41) is 0.694. The van der Waals surface area contributed by atoms with E-state index in [0.29, 0.717) is 10.9 Å². The molecule has 0 aliphatic rings. The van der Waals surface area contributed by atoms with Crippen LogP contribution in [0.15, 0.2) is 54.6 Å². The van der Waals surface area contributed by atoms with E-state index in [9.17, 15) is 4.39 Å². The lowest BCUT2D eigenvalue weighted by Gasteiger charge is -2.09. The molecule has 2 rings (SSSR count). The minimum atomic E-state index is -0.239. The fourth-order valence-corrected chi connectivity index (χ4v) is 2.10. The summed E-state index contributed by atoms with van der Waals surface area (Å²) in [7, 11) is 0. The molecule has 0 radical (unpaired) electrons. The van der Waals surface area contributed by atoms with Gasteiger partial charge in [0.1, 0.15) is 5.82 Å². The molecule has 0 spiro atoms. The van der Waals surface area contributed by atoms with E-state index in [1.54, 1.807) is 12.1 Å². The van der Waals surface area contributed by atoms with E-state index in [-0.39, 0.29) is 5.82 Å². The molecule has 3 heteroatoms. The molecule has 0 N–H and O–H groups in total. The van der Waals surface area contributed by atoms with E-state index in [0.717, 1.165) is 23.1 Å². The van der Waals surface area contributed by atoms with Gasteiger partial charge in [0.15, 0.2) is 0 Å². The second kappa shape index (κ2) is 6.74. The van der Waals surface area contributed by atoms with Gasteiger partial charge in [-0.1, -0.05) is 41.9 Å². The average Bonchev–Trinajstić information content (AvgIpc) is 2.43. The van der Waals surface area contributed by atoms with Crippen molar-refractivity contribution in [2.24, 2.45) is 0 Å². The highest BCUT2D eigenvalue weighted by atomic mass is 35.5. The Morgan fingerprint density at radius 2 is 1.47 bits per heavy atom. The molecule has 2 aromatic rings. The largest absolute Gasteiger partial charge is 0.207 e. The predicted octanol–water partition coefficient (Wildman–Crippen LogP) is 5.54. The van der Waals surface area contributed by atoms with Gasteiger partial charge in [-0.25, -0.2) is 4.39 Å². The maximum atomic E-state index is 13.0. The third-order valence-electron chi connectivity index (χ3n) is 2.77. The second-order valence-corrected chi connectivity index (χ2v) is 4.92. The van der Waals surface area contributed by atoms with Crippen LogP contribution in [0.25, 0.3) is 5.57 Å². The maximum Gasteiger partial charge on any atom is 0.123 e. The fourth-order valence-electron chi connectivity index (χ4n) is 1.86. The van der Waals surface area contributed by atoms with Gasteiger partial charge in [0.25, 0.3) is 0 Å². The summed E-state index contributed by atoms with van der Waals surface area (Å²) in [6.07, 6.45) is 2.82. The van der Waals surface area contributed by atoms with Gasteiger partial charge in [0, 0.05) is 10.9 Å². The Labute approximate surface area is 122 Å². The van der Waals surface area contributed by atoms with Crippen molar-refractivity contribution in [3.8, 4) is 0 Å². The number of benzene rings is 2. The first kappa shape index (κ1) is 14.1. The van der Waals surface area contributed by atoms with Crippen molar-refractivity contribution in [2.75, 3.05) is 5.88 Å². The molecule has 0 bridgehead atoms. The van der Waals surface area contributed by atoms with Crippen LogP contribution < -0.4 is 0 Å². The van der Waals surface area contributed by atoms with Crippen LogP contribution in [-0.2, 0) is 0 Å². The third kappa shape index (κ3) is 3.82. The van der Waals surface area contributed by atoms with E-state index in [2.05, 4.69) is 6.08 Å². The second-order valence-electron chi connectivity index (χ2n) is 4.11. The molecular formula is C16H13Cl2F.